The Kier molecular flexibility index (Phi) is 5.14. The number of ether oxygens (including phenoxy) is 2. The lowest BCUT2D eigenvalue weighted by atomic mass is 9.47. The second-order valence-corrected chi connectivity index (χ2v) is 10.6. The van der Waals surface area contributed by atoms with Gasteiger partial charge < -0.3 is 19.7 Å². The summed E-state index contributed by atoms with van der Waals surface area (Å²) < 4.78 is 12.3. The third kappa shape index (κ3) is 3.02. The highest BCUT2D eigenvalue weighted by Crippen LogP contribution is 2.65. The van der Waals surface area contributed by atoms with Crippen LogP contribution in [0.3, 0.4) is 0 Å². The number of rotatable bonds is 3. The summed E-state index contributed by atoms with van der Waals surface area (Å²) in [5.74, 6) is 1.98. The minimum Gasteiger partial charge on any atom is -0.393 e. The van der Waals surface area contributed by atoms with Crippen molar-refractivity contribution in [2.45, 2.75) is 96.1 Å². The monoisotopic (exact) mass is 390 g/mol. The van der Waals surface area contributed by atoms with Crippen LogP contribution in [0.25, 0.3) is 0 Å². The fraction of sp³-hybridized carbons (Fsp3) is 0.917. The average Bonchev–Trinajstić information content (AvgIpc) is 3.02. The van der Waals surface area contributed by atoms with Crippen molar-refractivity contribution >= 4 is 0 Å². The first-order valence-electron chi connectivity index (χ1n) is 11.8. The Morgan fingerprint density at radius 3 is 2.75 bits per heavy atom. The van der Waals surface area contributed by atoms with Crippen LogP contribution in [0.1, 0.15) is 77.6 Å². The minimum absolute atomic E-state index is 0.0428. The zero-order chi connectivity index (χ0) is 19.4. The van der Waals surface area contributed by atoms with Crippen molar-refractivity contribution < 1.29 is 19.7 Å². The van der Waals surface area contributed by atoms with Crippen molar-refractivity contribution in [3.63, 3.8) is 0 Å². The van der Waals surface area contributed by atoms with E-state index in [-0.39, 0.29) is 29.3 Å². The Hall–Kier alpha value is -0.420. The van der Waals surface area contributed by atoms with E-state index in [4.69, 9.17) is 9.47 Å². The molecule has 4 nitrogen and oxygen atoms in total. The van der Waals surface area contributed by atoms with E-state index in [0.717, 1.165) is 58.2 Å². The van der Waals surface area contributed by atoms with E-state index in [2.05, 4.69) is 13.0 Å². The van der Waals surface area contributed by atoms with Crippen LogP contribution >= 0.6 is 0 Å². The summed E-state index contributed by atoms with van der Waals surface area (Å²) in [6.45, 7) is 3.92. The van der Waals surface area contributed by atoms with Gasteiger partial charge in [-0.05, 0) is 93.8 Å². The number of aliphatic hydroxyl groups excluding tert-OH is 2. The van der Waals surface area contributed by atoms with Crippen LogP contribution in [0.15, 0.2) is 11.6 Å². The summed E-state index contributed by atoms with van der Waals surface area (Å²) in [5, 5.41) is 21.0. The van der Waals surface area contributed by atoms with Gasteiger partial charge in [0.15, 0.2) is 6.29 Å². The van der Waals surface area contributed by atoms with Gasteiger partial charge in [0.2, 0.25) is 0 Å². The number of fused-ring (bicyclic) bond motifs is 5. The van der Waals surface area contributed by atoms with E-state index < -0.39 is 0 Å². The highest BCUT2D eigenvalue weighted by atomic mass is 16.7. The normalized spacial score (nSPS) is 51.0. The largest absolute Gasteiger partial charge is 0.393 e. The highest BCUT2D eigenvalue weighted by molar-refractivity contribution is 5.27. The minimum atomic E-state index is -0.284. The predicted molar refractivity (Wildman–Crippen MR) is 108 cm³/mol. The molecular weight excluding hydrogens is 352 g/mol. The lowest BCUT2D eigenvalue weighted by molar-refractivity contribution is -0.193. The molecule has 3 saturated carbocycles. The molecule has 158 valence electrons. The van der Waals surface area contributed by atoms with Crippen molar-refractivity contribution in [2.24, 2.45) is 28.6 Å². The van der Waals surface area contributed by atoms with Crippen LogP contribution in [0, 0.1) is 28.6 Å². The molecule has 4 aliphatic carbocycles. The van der Waals surface area contributed by atoms with Gasteiger partial charge in [0.1, 0.15) is 0 Å². The average molecular weight is 391 g/mol. The molecule has 8 atom stereocenters. The summed E-state index contributed by atoms with van der Waals surface area (Å²) in [5.41, 5.74) is 1.66. The van der Waals surface area contributed by atoms with Crippen LogP contribution in [-0.2, 0) is 9.47 Å². The molecule has 0 aromatic carbocycles. The van der Waals surface area contributed by atoms with E-state index in [1.165, 1.54) is 31.3 Å². The molecule has 28 heavy (non-hydrogen) atoms. The summed E-state index contributed by atoms with van der Waals surface area (Å²) in [4.78, 5) is 0. The smallest absolute Gasteiger partial charge is 0.157 e. The topological polar surface area (TPSA) is 58.9 Å². The fourth-order valence-corrected chi connectivity index (χ4v) is 7.83. The molecule has 4 heteroatoms. The van der Waals surface area contributed by atoms with Crippen LogP contribution in [0.4, 0.5) is 0 Å². The lowest BCUT2D eigenvalue weighted by Gasteiger charge is -2.59. The first-order valence-corrected chi connectivity index (χ1v) is 11.8. The van der Waals surface area contributed by atoms with Crippen molar-refractivity contribution in [3.05, 3.63) is 11.6 Å². The molecular formula is C24H38O4. The Balaban J connectivity index is 1.42. The van der Waals surface area contributed by atoms with E-state index >= 15 is 0 Å². The van der Waals surface area contributed by atoms with Gasteiger partial charge in [-0.25, -0.2) is 0 Å². The first-order chi connectivity index (χ1) is 13.5. The SMILES string of the molecule is C[C@]12CC[C@H]3[C@@H](CCC4=C[C@@H](O)CC[C@@]43COC3CCCCO3)[C@@H]1CC[C@@H]2O. The van der Waals surface area contributed by atoms with E-state index in [9.17, 15) is 10.2 Å². The molecule has 0 aromatic rings. The molecule has 5 aliphatic rings. The second kappa shape index (κ2) is 7.37. The number of hydrogen-bond acceptors (Lipinski definition) is 4. The number of aliphatic hydroxyl groups is 2. The van der Waals surface area contributed by atoms with E-state index in [1.54, 1.807) is 0 Å². The van der Waals surface area contributed by atoms with Crippen molar-refractivity contribution in [2.75, 3.05) is 13.2 Å². The standard InChI is InChI=1S/C24H38O4/c1-23-11-10-20-18(19(23)7-8-21(23)26)6-5-16-14-17(25)9-12-24(16,20)15-28-22-4-2-3-13-27-22/h14,17-22,25-26H,2-13,15H2,1H3/t17-,18-,19-,20-,21-,22?,23-,24+/m0/s1. The van der Waals surface area contributed by atoms with E-state index in [0.29, 0.717) is 17.8 Å². The zero-order valence-electron chi connectivity index (χ0n) is 17.4. The molecule has 5 rings (SSSR count). The second-order valence-electron chi connectivity index (χ2n) is 10.6. The van der Waals surface area contributed by atoms with Gasteiger partial charge >= 0.3 is 0 Å². The summed E-state index contributed by atoms with van der Waals surface area (Å²) in [7, 11) is 0. The Bertz CT molecular complexity index is 612. The predicted octanol–water partition coefficient (Wildman–Crippen LogP) is 4.19. The number of hydrogen-bond donors (Lipinski definition) is 2. The van der Waals surface area contributed by atoms with Crippen LogP contribution in [-0.4, -0.2) is 41.9 Å². The van der Waals surface area contributed by atoms with Gasteiger partial charge in [-0.2, -0.15) is 0 Å². The lowest BCUT2D eigenvalue weighted by Crippen LogP contribution is -2.54. The highest BCUT2D eigenvalue weighted by Gasteiger charge is 2.60. The summed E-state index contributed by atoms with van der Waals surface area (Å²) >= 11 is 0. The van der Waals surface area contributed by atoms with Crippen molar-refractivity contribution in [3.8, 4) is 0 Å². The molecule has 1 heterocycles. The maximum absolute atomic E-state index is 10.7. The molecule has 4 fully saturated rings. The maximum Gasteiger partial charge on any atom is 0.157 e. The molecule has 0 radical (unpaired) electrons. The van der Waals surface area contributed by atoms with Gasteiger partial charge in [0.05, 0.1) is 18.8 Å². The molecule has 0 spiro atoms. The van der Waals surface area contributed by atoms with Crippen molar-refractivity contribution in [1.82, 2.24) is 0 Å². The first kappa shape index (κ1) is 19.5. The van der Waals surface area contributed by atoms with E-state index in [1.807, 2.05) is 0 Å². The molecule has 1 aliphatic heterocycles. The van der Waals surface area contributed by atoms with Gasteiger partial charge in [-0.3, -0.25) is 0 Å². The van der Waals surface area contributed by atoms with Gasteiger partial charge in [0, 0.05) is 12.0 Å². The molecule has 0 aromatic heterocycles. The van der Waals surface area contributed by atoms with Gasteiger partial charge in [-0.15, -0.1) is 0 Å². The van der Waals surface area contributed by atoms with Crippen molar-refractivity contribution in [1.29, 1.82) is 0 Å². The summed E-state index contributed by atoms with van der Waals surface area (Å²) in [6.07, 6.45) is 13.8. The summed E-state index contributed by atoms with van der Waals surface area (Å²) in [6, 6.07) is 0. The van der Waals surface area contributed by atoms with Gasteiger partial charge in [-0.1, -0.05) is 18.6 Å². The van der Waals surface area contributed by atoms with Gasteiger partial charge in [0.25, 0.3) is 0 Å². The Morgan fingerprint density at radius 1 is 1.04 bits per heavy atom. The molecule has 1 unspecified atom stereocenters. The Labute approximate surface area is 169 Å². The Morgan fingerprint density at radius 2 is 1.93 bits per heavy atom. The van der Waals surface area contributed by atoms with Crippen LogP contribution < -0.4 is 0 Å². The van der Waals surface area contributed by atoms with Crippen LogP contribution in [0.5, 0.6) is 0 Å². The maximum atomic E-state index is 10.7. The fourth-order valence-electron chi connectivity index (χ4n) is 7.83. The molecule has 0 bridgehead atoms. The third-order valence-corrected chi connectivity index (χ3v) is 9.43. The molecule has 2 N–H and O–H groups in total. The zero-order valence-corrected chi connectivity index (χ0v) is 17.4. The third-order valence-electron chi connectivity index (χ3n) is 9.43. The molecule has 0 amide bonds. The van der Waals surface area contributed by atoms with Crippen LogP contribution in [0.2, 0.25) is 0 Å². The quantitative estimate of drug-likeness (QED) is 0.709. The molecule has 1 saturated heterocycles.